The standard InChI is InChI=1S/C18H32N2O2.C17H30N2O2.C14H28N2O.C13H26N2O2.C13H26N2O.C12H25N3O.C12H24N2O2.C12H25NO/c1-11(2)19-12(17(3,4)5)10-20(9)14-13(18(6,7)8)15(21)16(14)22;1-10(2)13-14(16(21)15(13)20)19(8)9-12(17(5,6)7)18-11(3)4;1-11(2)15-12(14(3,4)5)10-16-9-7-6-8-13(16)17;1-10(2)14-11(13(3,4)5)9-15-7-6-8-17-12(15)16;1-10(2)14-11(13(3,4)5)9-15-8-6-7-12(15)16;1-9(2)14-10(12(3,4)5)8-15-7-6-13-11(15)16;1-9(2)13-10(12(3,4)5)8-14-6-7-16-11(14)15;1-8(2)10(13-9(3)4)11(14)12(5,6)7/h11-12,19H,10H2,1-9H3;10-12,18H,9H2,1-8H3;11-12,15H,6-10H2,1-5H3;10-11,14H,6-9H2,1-5H3;10-11,14H,6-9H2,1-5H3;9-10,14H,6-8H2,1-5H3,(H,13,16);9-10,13H,6-8H2,1-5H3;8-10,13H,1-7H3/t3*12-;2*11-;3*10-/m11111110/s1. The van der Waals surface area contributed by atoms with Crippen molar-refractivity contribution in [3.05, 3.63) is 52.0 Å². The van der Waals surface area contributed by atoms with Gasteiger partial charge in [0.1, 0.15) is 6.61 Å². The molecule has 139 heavy (non-hydrogen) atoms. The van der Waals surface area contributed by atoms with Gasteiger partial charge in [0, 0.05) is 213 Å². The van der Waals surface area contributed by atoms with E-state index in [1.165, 1.54) is 0 Å². The maximum Gasteiger partial charge on any atom is 0.409 e. The Morgan fingerprint density at radius 2 is 0.626 bits per heavy atom. The second kappa shape index (κ2) is 58.3. The second-order valence-corrected chi connectivity index (χ2v) is 52.7. The number of carbonyl (C=O) groups is 6. The van der Waals surface area contributed by atoms with Crippen molar-refractivity contribution in [3.8, 4) is 0 Å². The number of anilines is 2. The van der Waals surface area contributed by atoms with E-state index < -0.39 is 0 Å². The van der Waals surface area contributed by atoms with Gasteiger partial charge in [-0.15, -0.1) is 0 Å². The Morgan fingerprint density at radius 3 is 0.906 bits per heavy atom. The van der Waals surface area contributed by atoms with Gasteiger partial charge in [0.2, 0.25) is 33.5 Å². The molecule has 28 nitrogen and oxygen atoms in total. The molecule has 0 spiro atoms. The Morgan fingerprint density at radius 1 is 0.331 bits per heavy atom. The van der Waals surface area contributed by atoms with Crippen molar-refractivity contribution < 1.29 is 38.2 Å². The van der Waals surface area contributed by atoms with Crippen molar-refractivity contribution in [1.82, 2.24) is 72.4 Å². The van der Waals surface area contributed by atoms with Crippen molar-refractivity contribution in [2.45, 2.75) is 472 Å². The molecule has 0 radical (unpaired) electrons. The molecule has 5 heterocycles. The number of urea groups is 1. The van der Waals surface area contributed by atoms with Gasteiger partial charge in [-0.25, -0.2) is 14.4 Å². The molecule has 5 aliphatic heterocycles. The summed E-state index contributed by atoms with van der Waals surface area (Å²) >= 11 is 0. The number of hydrogen-bond acceptors (Lipinski definition) is 22. The summed E-state index contributed by atoms with van der Waals surface area (Å²) in [6.45, 7) is 112. The summed E-state index contributed by atoms with van der Waals surface area (Å²) in [5.74, 6) is 1.40. The molecule has 5 aliphatic rings. The van der Waals surface area contributed by atoms with Crippen molar-refractivity contribution in [2.24, 2.45) is 49.2 Å². The monoisotopic (exact) mass is 1970 g/mol. The van der Waals surface area contributed by atoms with Gasteiger partial charge in [0.25, 0.3) is 0 Å². The first kappa shape index (κ1) is 133. The van der Waals surface area contributed by atoms with Gasteiger partial charge in [-0.2, -0.15) is 0 Å². The van der Waals surface area contributed by atoms with E-state index in [-0.39, 0.29) is 125 Å². The molecular weight excluding hydrogens is 1750 g/mol. The number of ketones is 1. The molecule has 28 heteroatoms. The number of likely N-dealkylation sites (N-methyl/N-ethyl adjacent to an activating group) is 2. The Kier molecular flexibility index (Phi) is 55.7. The average molecular weight is 1970 g/mol. The van der Waals surface area contributed by atoms with Crippen LogP contribution in [0.25, 0.3) is 0 Å². The molecule has 0 aromatic heterocycles. The number of rotatable bonds is 35. The van der Waals surface area contributed by atoms with Crippen LogP contribution in [0.15, 0.2) is 19.2 Å². The lowest BCUT2D eigenvalue weighted by Gasteiger charge is -2.38. The number of Topliss-reactive ketones (excluding diaryl/α,β-unsaturated/α-hetero) is 1. The molecular formula is C111H216N16O12. The smallest absolute Gasteiger partial charge is 0.409 e. The number of nitrogens with zero attached hydrogens (tertiary/aromatic N) is 7. The molecule has 5 saturated heterocycles. The predicted octanol–water partition coefficient (Wildman–Crippen LogP) is 17.3. The summed E-state index contributed by atoms with van der Waals surface area (Å²) in [7, 11) is 3.81. The minimum atomic E-state index is -0.343. The first-order valence-corrected chi connectivity index (χ1v) is 53.0. The van der Waals surface area contributed by atoms with Gasteiger partial charge in [0.05, 0.1) is 30.6 Å². The fourth-order valence-corrected chi connectivity index (χ4v) is 16.8. The zero-order chi connectivity index (χ0) is 109. The molecule has 0 saturated carbocycles. The van der Waals surface area contributed by atoms with Gasteiger partial charge >= 0.3 is 18.2 Å². The van der Waals surface area contributed by atoms with Crippen LogP contribution in [0, 0.1) is 49.2 Å². The number of piperidine rings is 1. The predicted molar refractivity (Wildman–Crippen MR) is 586 cm³/mol. The number of nitrogens with one attached hydrogen (secondary N) is 9. The van der Waals surface area contributed by atoms with E-state index in [9.17, 15) is 47.9 Å². The lowest BCUT2D eigenvalue weighted by molar-refractivity contribution is -0.134. The summed E-state index contributed by atoms with van der Waals surface area (Å²) in [5.41, 5.74) is 1.62. The highest BCUT2D eigenvalue weighted by Crippen LogP contribution is 2.33. The Hall–Kier alpha value is -6.14. The Bertz CT molecular complexity index is 3890. The van der Waals surface area contributed by atoms with Gasteiger partial charge in [-0.05, 0) is 80.8 Å². The molecule has 7 rings (SSSR count). The van der Waals surface area contributed by atoms with Crippen LogP contribution in [0.2, 0.25) is 0 Å². The van der Waals surface area contributed by atoms with Gasteiger partial charge in [-0.3, -0.25) is 33.6 Å². The van der Waals surface area contributed by atoms with Crippen molar-refractivity contribution in [3.63, 3.8) is 0 Å². The van der Waals surface area contributed by atoms with Crippen LogP contribution in [0.3, 0.4) is 0 Å². The summed E-state index contributed by atoms with van der Waals surface area (Å²) in [4.78, 5) is 131. The quantitative estimate of drug-likeness (QED) is 0.0290. The fourth-order valence-electron chi connectivity index (χ4n) is 16.8. The lowest BCUT2D eigenvalue weighted by Crippen LogP contribution is -2.53. The van der Waals surface area contributed by atoms with Crippen molar-refractivity contribution >= 4 is 47.2 Å². The zero-order valence-electron chi connectivity index (χ0n) is 98.3. The van der Waals surface area contributed by atoms with Crippen LogP contribution < -0.4 is 79.4 Å². The van der Waals surface area contributed by atoms with E-state index in [1.54, 1.807) is 4.90 Å². The van der Waals surface area contributed by atoms with E-state index >= 15 is 0 Å². The number of likely N-dealkylation sites (tertiary alicyclic amines) is 2. The number of amides is 6. The highest BCUT2D eigenvalue weighted by atomic mass is 16.6. The zero-order valence-corrected chi connectivity index (χ0v) is 98.3. The SMILES string of the molecule is CC(C)N[C@H](C(=O)C(C)(C)C)C(C)C.CC(C)N[C@H](CN(C)c1c(C(C)(C)C)c(=O)c1=O)C(C)(C)C.CC(C)N[C@H](CN(C)c1c(C(C)C)c(=O)c1=O)C(C)(C)C.CC(C)N[C@H](CN1CCCC1=O)C(C)(C)C.CC(C)N[C@H](CN1CCCCC1=O)C(C)(C)C.CC(C)N[C@H](CN1CCCOC1=O)C(C)(C)C.CC(C)N[C@H](CN1CCNC1=O)C(C)(C)C.CC(C)N[C@H](CN1CCOC1=O)C(C)(C)C. The van der Waals surface area contributed by atoms with Crippen molar-refractivity contribution in [2.75, 3.05) is 122 Å². The third-order valence-corrected chi connectivity index (χ3v) is 25.5. The normalized spacial score (nSPS) is 17.4. The molecule has 8 atom stereocenters. The van der Waals surface area contributed by atoms with E-state index in [2.05, 4.69) is 318 Å². The van der Waals surface area contributed by atoms with Crippen LogP contribution in [0.1, 0.15) is 381 Å². The topological polar surface area (TPSA) is 320 Å². The molecule has 812 valence electrons. The van der Waals surface area contributed by atoms with Gasteiger partial charge < -0.3 is 91.6 Å². The molecule has 6 amide bonds. The van der Waals surface area contributed by atoms with E-state index in [0.29, 0.717) is 145 Å². The first-order chi connectivity index (χ1) is 62.9. The van der Waals surface area contributed by atoms with Gasteiger partial charge in [0.15, 0.2) is 5.78 Å². The average Bonchev–Trinajstić information content (AvgIpc) is 1.62. The van der Waals surface area contributed by atoms with Crippen LogP contribution in [0.4, 0.5) is 25.8 Å². The maximum absolute atomic E-state index is 12.1. The third-order valence-electron chi connectivity index (χ3n) is 25.5. The van der Waals surface area contributed by atoms with E-state index in [0.717, 1.165) is 104 Å². The summed E-state index contributed by atoms with van der Waals surface area (Å²) < 4.78 is 10.0. The number of ether oxygens (including phenoxy) is 2. The second-order valence-electron chi connectivity index (χ2n) is 52.7. The fraction of sp³-hybridized carbons (Fsp3) is 0.874. The molecule has 2 aromatic carbocycles. The lowest BCUT2D eigenvalue weighted by atomic mass is 9.81. The minimum Gasteiger partial charge on any atom is -0.449 e. The first-order valence-electron chi connectivity index (χ1n) is 53.0. The van der Waals surface area contributed by atoms with Crippen LogP contribution in [-0.2, 0) is 29.3 Å². The Balaban J connectivity index is 0.00000157. The minimum absolute atomic E-state index is 0.0185. The van der Waals surface area contributed by atoms with E-state index in [1.807, 2.05) is 98.9 Å². The molecule has 2 aromatic rings. The van der Waals surface area contributed by atoms with Crippen LogP contribution in [-0.4, -0.2) is 269 Å². The van der Waals surface area contributed by atoms with Crippen LogP contribution >= 0.6 is 0 Å². The van der Waals surface area contributed by atoms with Crippen molar-refractivity contribution in [1.29, 1.82) is 0 Å². The maximum atomic E-state index is 12.1. The molecule has 0 aliphatic carbocycles. The highest BCUT2D eigenvalue weighted by Gasteiger charge is 2.41. The summed E-state index contributed by atoms with van der Waals surface area (Å²) in [6.07, 6.45) is 5.30. The molecule has 9 N–H and O–H groups in total. The van der Waals surface area contributed by atoms with Gasteiger partial charge in [-0.1, -0.05) is 325 Å². The Labute approximate surface area is 848 Å². The summed E-state index contributed by atoms with van der Waals surface area (Å²) in [6, 6.07) is 5.46. The molecule has 0 bridgehead atoms. The van der Waals surface area contributed by atoms with E-state index in [4.69, 9.17) is 9.47 Å². The molecule has 5 fully saturated rings. The summed E-state index contributed by atoms with van der Waals surface area (Å²) in [5, 5.41) is 31.1. The number of hydrogen-bond donors (Lipinski definition) is 9. The molecule has 0 unspecified atom stereocenters. The van der Waals surface area contributed by atoms with Crippen LogP contribution in [0.5, 0.6) is 0 Å². The number of carbonyl (C=O) groups excluding carboxylic acids is 6. The third kappa shape index (κ3) is 49.5. The number of cyclic esters (lactones) is 2. The highest BCUT2D eigenvalue weighted by molar-refractivity contribution is 5.89. The largest absolute Gasteiger partial charge is 0.449 e.